The van der Waals surface area contributed by atoms with Crippen LogP contribution in [0.4, 0.5) is 5.13 Å². The summed E-state index contributed by atoms with van der Waals surface area (Å²) in [5, 5.41) is 12.1. The van der Waals surface area contributed by atoms with Crippen molar-refractivity contribution in [2.45, 2.75) is 37.1 Å². The van der Waals surface area contributed by atoms with E-state index in [0.717, 1.165) is 17.8 Å². The second-order valence-corrected chi connectivity index (χ2v) is 9.33. The second kappa shape index (κ2) is 7.46. The average molecular weight is 419 g/mol. The first kappa shape index (κ1) is 18.8. The maximum Gasteiger partial charge on any atom is 0.257 e. The Hall–Kier alpha value is -2.56. The van der Waals surface area contributed by atoms with Gasteiger partial charge in [-0.05, 0) is 49.6 Å². The molecule has 0 unspecified atom stereocenters. The van der Waals surface area contributed by atoms with Crippen molar-refractivity contribution in [3.05, 3.63) is 58.5 Å². The summed E-state index contributed by atoms with van der Waals surface area (Å²) in [6.07, 6.45) is 3.68. The Kier molecular flexibility index (Phi) is 5.00. The summed E-state index contributed by atoms with van der Waals surface area (Å²) in [5.74, 6) is 0.536. The van der Waals surface area contributed by atoms with E-state index in [4.69, 9.17) is 4.42 Å². The van der Waals surface area contributed by atoms with Crippen LogP contribution in [0.5, 0.6) is 0 Å². The third-order valence-corrected chi connectivity index (χ3v) is 6.77. The molecule has 4 rings (SSSR count). The number of amides is 1. The van der Waals surface area contributed by atoms with Crippen LogP contribution in [0.15, 0.2) is 45.9 Å². The fourth-order valence-electron chi connectivity index (χ4n) is 2.62. The summed E-state index contributed by atoms with van der Waals surface area (Å²) in [6.45, 7) is 1.77. The molecule has 28 heavy (non-hydrogen) atoms. The highest BCUT2D eigenvalue weighted by atomic mass is 32.2. The van der Waals surface area contributed by atoms with Gasteiger partial charge in [0.1, 0.15) is 10.8 Å². The predicted molar refractivity (Wildman–Crippen MR) is 104 cm³/mol. The molecule has 0 bridgehead atoms. The minimum absolute atomic E-state index is 0.00531. The molecule has 2 aromatic heterocycles. The van der Waals surface area contributed by atoms with E-state index < -0.39 is 15.9 Å². The fourth-order valence-corrected chi connectivity index (χ4v) is 4.55. The smallest absolute Gasteiger partial charge is 0.257 e. The maximum absolute atomic E-state index is 12.7. The summed E-state index contributed by atoms with van der Waals surface area (Å²) in [7, 11) is -3.80. The number of nitrogens with one attached hydrogen (secondary N) is 2. The summed E-state index contributed by atoms with van der Waals surface area (Å²) < 4.78 is 32.7. The van der Waals surface area contributed by atoms with Crippen LogP contribution in [-0.4, -0.2) is 24.5 Å². The van der Waals surface area contributed by atoms with Gasteiger partial charge in [-0.3, -0.25) is 10.1 Å². The molecule has 2 heterocycles. The maximum atomic E-state index is 12.7. The lowest BCUT2D eigenvalue weighted by Gasteiger charge is -2.10. The number of hydrogen-bond donors (Lipinski definition) is 2. The van der Waals surface area contributed by atoms with Crippen molar-refractivity contribution in [2.24, 2.45) is 0 Å². The van der Waals surface area contributed by atoms with E-state index in [2.05, 4.69) is 20.2 Å². The molecular weight excluding hydrogens is 400 g/mol. The molecule has 0 aliphatic heterocycles. The zero-order chi connectivity index (χ0) is 19.7. The van der Waals surface area contributed by atoms with Gasteiger partial charge in [-0.2, -0.15) is 0 Å². The molecule has 1 saturated carbocycles. The average Bonchev–Trinajstić information content (AvgIpc) is 3.18. The SMILES string of the molecule is Cc1ccc(S(=O)(=O)NCc2ccco2)cc1C(=O)Nc1nnc(C2CC2)s1. The van der Waals surface area contributed by atoms with Crippen LogP contribution in [0.1, 0.15) is 45.4 Å². The zero-order valence-electron chi connectivity index (χ0n) is 15.0. The lowest BCUT2D eigenvalue weighted by molar-refractivity contribution is 0.102. The zero-order valence-corrected chi connectivity index (χ0v) is 16.6. The molecular formula is C18H18N4O4S2. The molecule has 0 saturated heterocycles. The summed E-state index contributed by atoms with van der Waals surface area (Å²) in [6, 6.07) is 7.78. The van der Waals surface area contributed by atoms with E-state index in [1.54, 1.807) is 25.1 Å². The van der Waals surface area contributed by atoms with Gasteiger partial charge < -0.3 is 4.42 Å². The molecule has 8 nitrogen and oxygen atoms in total. The number of anilines is 1. The van der Waals surface area contributed by atoms with Crippen molar-refractivity contribution >= 4 is 32.4 Å². The Morgan fingerprint density at radius 3 is 2.82 bits per heavy atom. The number of carbonyl (C=O) groups is 1. The van der Waals surface area contributed by atoms with Gasteiger partial charge in [0.25, 0.3) is 5.91 Å². The first-order valence-electron chi connectivity index (χ1n) is 8.70. The standard InChI is InChI=1S/C18H18N4O4S2/c1-11-4-7-14(28(24,25)19-10-13-3-2-8-26-13)9-15(11)16(23)20-18-22-21-17(27-18)12-5-6-12/h2-4,7-9,12,19H,5-6,10H2,1H3,(H,20,22,23). The van der Waals surface area contributed by atoms with Gasteiger partial charge in [-0.15, -0.1) is 10.2 Å². The number of aromatic nitrogens is 2. The van der Waals surface area contributed by atoms with Crippen LogP contribution in [0.3, 0.4) is 0 Å². The van der Waals surface area contributed by atoms with Crippen LogP contribution in [0.2, 0.25) is 0 Å². The molecule has 1 aliphatic carbocycles. The van der Waals surface area contributed by atoms with E-state index in [1.165, 1.54) is 29.7 Å². The van der Waals surface area contributed by atoms with Crippen molar-refractivity contribution in [2.75, 3.05) is 5.32 Å². The van der Waals surface area contributed by atoms with Gasteiger partial charge in [-0.1, -0.05) is 17.4 Å². The minimum atomic E-state index is -3.80. The van der Waals surface area contributed by atoms with E-state index in [9.17, 15) is 13.2 Å². The van der Waals surface area contributed by atoms with Gasteiger partial charge in [0.15, 0.2) is 0 Å². The van der Waals surface area contributed by atoms with Gasteiger partial charge in [-0.25, -0.2) is 13.1 Å². The predicted octanol–water partition coefficient (Wildman–Crippen LogP) is 3.05. The first-order chi connectivity index (χ1) is 13.4. The van der Waals surface area contributed by atoms with Gasteiger partial charge >= 0.3 is 0 Å². The molecule has 1 aromatic carbocycles. The van der Waals surface area contributed by atoms with Crippen molar-refractivity contribution in [3.63, 3.8) is 0 Å². The molecule has 0 spiro atoms. The highest BCUT2D eigenvalue weighted by Crippen LogP contribution is 2.42. The van der Waals surface area contributed by atoms with Crippen LogP contribution < -0.4 is 10.0 Å². The Labute approximate surface area is 166 Å². The van der Waals surface area contributed by atoms with Crippen molar-refractivity contribution in [3.8, 4) is 0 Å². The molecule has 1 amide bonds. The largest absolute Gasteiger partial charge is 0.468 e. The number of sulfonamides is 1. The Morgan fingerprint density at radius 1 is 1.29 bits per heavy atom. The molecule has 0 radical (unpaired) electrons. The molecule has 146 valence electrons. The van der Waals surface area contributed by atoms with Crippen molar-refractivity contribution in [1.82, 2.24) is 14.9 Å². The van der Waals surface area contributed by atoms with E-state index in [0.29, 0.717) is 22.4 Å². The lowest BCUT2D eigenvalue weighted by Crippen LogP contribution is -2.24. The number of hydrogen-bond acceptors (Lipinski definition) is 7. The van der Waals surface area contributed by atoms with E-state index in [-0.39, 0.29) is 17.0 Å². The topological polar surface area (TPSA) is 114 Å². The molecule has 0 atom stereocenters. The fraction of sp³-hybridized carbons (Fsp3) is 0.278. The van der Waals surface area contributed by atoms with Crippen LogP contribution in [-0.2, 0) is 16.6 Å². The van der Waals surface area contributed by atoms with Crippen LogP contribution >= 0.6 is 11.3 Å². The number of benzene rings is 1. The minimum Gasteiger partial charge on any atom is -0.468 e. The Morgan fingerprint density at radius 2 is 2.11 bits per heavy atom. The third-order valence-electron chi connectivity index (χ3n) is 4.37. The van der Waals surface area contributed by atoms with Gasteiger partial charge in [0.05, 0.1) is 17.7 Å². The van der Waals surface area contributed by atoms with Gasteiger partial charge in [0, 0.05) is 11.5 Å². The molecule has 1 fully saturated rings. The van der Waals surface area contributed by atoms with E-state index >= 15 is 0 Å². The highest BCUT2D eigenvalue weighted by molar-refractivity contribution is 7.89. The highest BCUT2D eigenvalue weighted by Gasteiger charge is 2.28. The number of furan rings is 1. The Balaban J connectivity index is 1.51. The van der Waals surface area contributed by atoms with E-state index in [1.807, 2.05) is 0 Å². The first-order valence-corrected chi connectivity index (χ1v) is 11.0. The third kappa shape index (κ3) is 4.13. The van der Waals surface area contributed by atoms with Crippen molar-refractivity contribution < 1.29 is 17.6 Å². The Bertz CT molecular complexity index is 1100. The summed E-state index contributed by atoms with van der Waals surface area (Å²) in [4.78, 5) is 12.7. The number of rotatable bonds is 7. The van der Waals surface area contributed by atoms with Crippen LogP contribution in [0, 0.1) is 6.92 Å². The quantitative estimate of drug-likeness (QED) is 0.609. The van der Waals surface area contributed by atoms with Crippen molar-refractivity contribution in [1.29, 1.82) is 0 Å². The molecule has 1 aliphatic rings. The summed E-state index contributed by atoms with van der Waals surface area (Å²) in [5.41, 5.74) is 0.929. The normalized spacial score (nSPS) is 14.2. The number of carbonyl (C=O) groups excluding carboxylic acids is 1. The summed E-state index contributed by atoms with van der Waals surface area (Å²) >= 11 is 1.35. The van der Waals surface area contributed by atoms with Gasteiger partial charge in [0.2, 0.25) is 15.2 Å². The molecule has 2 N–H and O–H groups in total. The van der Waals surface area contributed by atoms with Crippen LogP contribution in [0.25, 0.3) is 0 Å². The number of nitrogens with zero attached hydrogens (tertiary/aromatic N) is 2. The molecule has 10 heteroatoms. The molecule has 3 aromatic rings. The number of aryl methyl sites for hydroxylation is 1. The lowest BCUT2D eigenvalue weighted by atomic mass is 10.1. The monoisotopic (exact) mass is 418 g/mol. The second-order valence-electron chi connectivity index (χ2n) is 6.55.